The van der Waals surface area contributed by atoms with Gasteiger partial charge in [-0.25, -0.2) is 9.59 Å². The van der Waals surface area contributed by atoms with Crippen molar-refractivity contribution in [1.82, 2.24) is 5.32 Å². The molecule has 1 aliphatic heterocycles. The molecule has 0 amide bonds. The Morgan fingerprint density at radius 1 is 1.00 bits per heavy atom. The predicted octanol–water partition coefficient (Wildman–Crippen LogP) is 6.01. The van der Waals surface area contributed by atoms with Crippen LogP contribution in [-0.2, 0) is 11.2 Å². The summed E-state index contributed by atoms with van der Waals surface area (Å²) in [4.78, 5) is 19.9. The van der Waals surface area contributed by atoms with Gasteiger partial charge in [-0.1, -0.05) is 41.4 Å². The van der Waals surface area contributed by atoms with Crippen LogP contribution in [0.5, 0.6) is 5.75 Å². The summed E-state index contributed by atoms with van der Waals surface area (Å²) in [7, 11) is 0. The second-order valence-electron chi connectivity index (χ2n) is 8.63. The molecule has 4 rings (SSSR count). The van der Waals surface area contributed by atoms with E-state index in [0.29, 0.717) is 28.7 Å². The van der Waals surface area contributed by atoms with Crippen LogP contribution in [0, 0.1) is 0 Å². The van der Waals surface area contributed by atoms with Crippen molar-refractivity contribution in [2.75, 3.05) is 13.1 Å². The molecule has 7 nitrogen and oxygen atoms in total. The number of hydrogen-bond acceptors (Lipinski definition) is 5. The zero-order chi connectivity index (χ0) is 28.7. The largest absolute Gasteiger partial charge is 0.490 e. The molecule has 0 spiro atoms. The minimum Gasteiger partial charge on any atom is -0.489 e. The smallest absolute Gasteiger partial charge is 0.489 e. The van der Waals surface area contributed by atoms with Crippen molar-refractivity contribution in [2.24, 2.45) is 0 Å². The highest BCUT2D eigenvalue weighted by Gasteiger charge is 2.38. The Hall–Kier alpha value is -3.31. The van der Waals surface area contributed by atoms with E-state index in [2.05, 4.69) is 11.4 Å². The van der Waals surface area contributed by atoms with Gasteiger partial charge in [-0.2, -0.15) is 13.2 Å². The number of rotatable bonds is 7. The number of halogens is 5. The number of aliphatic carboxylic acids is 1. The van der Waals surface area contributed by atoms with Crippen LogP contribution in [0.2, 0.25) is 10.0 Å². The van der Waals surface area contributed by atoms with Crippen LogP contribution >= 0.6 is 23.2 Å². The molecule has 2 atom stereocenters. The molecule has 1 aliphatic rings. The number of aliphatic hydroxyl groups is 1. The highest BCUT2D eigenvalue weighted by atomic mass is 35.5. The van der Waals surface area contributed by atoms with Crippen LogP contribution in [-0.4, -0.2) is 52.6 Å². The standard InChI is InChI=1S/C25H23Cl2NO4.C2HF3O2/c26-19-7-9-22(27)21(12-19)23(29)14-28-13-20-8-5-18-11-17(6-10-24(18)32-20)15-1-3-16(4-2-15)25(30)31;3-2(4,5)1(6)7/h1-4,6-7,9-12,20,23,28-29H,5,8,13-14H2,(H,30,31);(H,6,7)/t20-,23-;/m1./s1. The van der Waals surface area contributed by atoms with Crippen LogP contribution in [0.25, 0.3) is 11.1 Å². The van der Waals surface area contributed by atoms with Gasteiger partial charge in [0.25, 0.3) is 0 Å². The fourth-order valence-electron chi connectivity index (χ4n) is 3.83. The number of carboxylic acid groups (broad SMARTS) is 2. The van der Waals surface area contributed by atoms with Gasteiger partial charge in [-0.05, 0) is 72.0 Å². The Morgan fingerprint density at radius 3 is 2.26 bits per heavy atom. The molecule has 0 aromatic heterocycles. The minimum atomic E-state index is -5.08. The number of fused-ring (bicyclic) bond motifs is 1. The van der Waals surface area contributed by atoms with Crippen molar-refractivity contribution in [1.29, 1.82) is 0 Å². The molecule has 4 N–H and O–H groups in total. The van der Waals surface area contributed by atoms with Crippen molar-refractivity contribution in [3.8, 4) is 16.9 Å². The molecule has 1 heterocycles. The Bertz CT molecular complexity index is 1320. The molecule has 0 fully saturated rings. The van der Waals surface area contributed by atoms with E-state index in [9.17, 15) is 23.1 Å². The molecular weight excluding hydrogens is 562 g/mol. The fourth-order valence-corrected chi connectivity index (χ4v) is 4.26. The molecule has 0 bridgehead atoms. The summed E-state index contributed by atoms with van der Waals surface area (Å²) >= 11 is 12.2. The van der Waals surface area contributed by atoms with Crippen molar-refractivity contribution in [3.05, 3.63) is 87.4 Å². The van der Waals surface area contributed by atoms with Crippen LogP contribution < -0.4 is 10.1 Å². The van der Waals surface area contributed by atoms with Gasteiger partial charge in [0.1, 0.15) is 11.9 Å². The average molecular weight is 586 g/mol. The summed E-state index contributed by atoms with van der Waals surface area (Å²) in [6.45, 7) is 0.950. The number of aliphatic hydroxyl groups excluding tert-OH is 1. The number of carbonyl (C=O) groups is 2. The number of ether oxygens (including phenoxy) is 1. The number of nitrogens with one attached hydrogen (secondary N) is 1. The lowest BCUT2D eigenvalue weighted by molar-refractivity contribution is -0.192. The SMILES string of the molecule is O=C(O)C(F)(F)F.O=C(O)c1ccc(-c2ccc3c(c2)CC[C@H](CNC[C@@H](O)c2cc(Cl)ccc2Cl)O3)cc1. The van der Waals surface area contributed by atoms with E-state index in [1.165, 1.54) is 0 Å². The van der Waals surface area contributed by atoms with Gasteiger partial charge in [0, 0.05) is 28.7 Å². The maximum Gasteiger partial charge on any atom is 0.490 e. The molecule has 3 aromatic carbocycles. The molecule has 0 radical (unpaired) electrons. The zero-order valence-corrected chi connectivity index (χ0v) is 21.7. The Morgan fingerprint density at radius 2 is 1.64 bits per heavy atom. The Kier molecular flexibility index (Phi) is 10.2. The summed E-state index contributed by atoms with van der Waals surface area (Å²) in [6, 6.07) is 17.9. The predicted molar refractivity (Wildman–Crippen MR) is 140 cm³/mol. The zero-order valence-electron chi connectivity index (χ0n) is 20.2. The lowest BCUT2D eigenvalue weighted by Gasteiger charge is -2.27. The number of hydrogen-bond donors (Lipinski definition) is 4. The van der Waals surface area contributed by atoms with E-state index in [0.717, 1.165) is 35.3 Å². The van der Waals surface area contributed by atoms with E-state index < -0.39 is 24.2 Å². The quantitative estimate of drug-likeness (QED) is 0.268. The molecular formula is C27H24Cl2F3NO6. The molecule has 208 valence electrons. The van der Waals surface area contributed by atoms with Crippen LogP contribution in [0.3, 0.4) is 0 Å². The lowest BCUT2D eigenvalue weighted by atomic mass is 9.96. The second-order valence-corrected chi connectivity index (χ2v) is 9.47. The van der Waals surface area contributed by atoms with Crippen molar-refractivity contribution < 1.29 is 42.8 Å². The van der Waals surface area contributed by atoms with Crippen LogP contribution in [0.4, 0.5) is 13.2 Å². The third kappa shape index (κ3) is 8.59. The van der Waals surface area contributed by atoms with Crippen molar-refractivity contribution in [3.63, 3.8) is 0 Å². The highest BCUT2D eigenvalue weighted by Crippen LogP contribution is 2.32. The minimum absolute atomic E-state index is 0.00485. The maximum atomic E-state index is 11.0. The third-order valence-electron chi connectivity index (χ3n) is 5.82. The average Bonchev–Trinajstić information content (AvgIpc) is 2.89. The summed E-state index contributed by atoms with van der Waals surface area (Å²) < 4.78 is 37.9. The highest BCUT2D eigenvalue weighted by molar-refractivity contribution is 6.33. The van der Waals surface area contributed by atoms with Gasteiger partial charge in [-0.3, -0.25) is 0 Å². The van der Waals surface area contributed by atoms with Gasteiger partial charge in [0.05, 0.1) is 11.7 Å². The summed E-state index contributed by atoms with van der Waals surface area (Å²) in [5.74, 6) is -2.84. The molecule has 39 heavy (non-hydrogen) atoms. The van der Waals surface area contributed by atoms with Crippen molar-refractivity contribution in [2.45, 2.75) is 31.2 Å². The lowest BCUT2D eigenvalue weighted by Crippen LogP contribution is -2.36. The van der Waals surface area contributed by atoms with E-state index in [4.69, 9.17) is 42.9 Å². The number of benzene rings is 3. The number of alkyl halides is 3. The maximum absolute atomic E-state index is 11.0. The van der Waals surface area contributed by atoms with Crippen molar-refractivity contribution >= 4 is 35.1 Å². The first-order chi connectivity index (χ1) is 18.3. The molecule has 0 unspecified atom stereocenters. The molecule has 3 aromatic rings. The van der Waals surface area contributed by atoms with Gasteiger partial charge in [0.15, 0.2) is 0 Å². The first-order valence-electron chi connectivity index (χ1n) is 11.6. The third-order valence-corrected chi connectivity index (χ3v) is 6.40. The number of carboxylic acids is 2. The first-order valence-corrected chi connectivity index (χ1v) is 12.4. The first kappa shape index (κ1) is 30.2. The van der Waals surface area contributed by atoms with E-state index >= 15 is 0 Å². The van der Waals surface area contributed by atoms with Gasteiger partial charge < -0.3 is 25.4 Å². The van der Waals surface area contributed by atoms with E-state index in [-0.39, 0.29) is 11.7 Å². The second kappa shape index (κ2) is 13.2. The van der Waals surface area contributed by atoms with Gasteiger partial charge >= 0.3 is 18.1 Å². The number of aromatic carboxylic acids is 1. The summed E-state index contributed by atoms with van der Waals surface area (Å²) in [5, 5.41) is 30.9. The summed E-state index contributed by atoms with van der Waals surface area (Å²) in [5.41, 5.74) is 4.00. The van der Waals surface area contributed by atoms with Crippen LogP contribution in [0.15, 0.2) is 60.7 Å². The topological polar surface area (TPSA) is 116 Å². The Labute approximate surface area is 231 Å². The Balaban J connectivity index is 0.000000532. The molecule has 0 saturated carbocycles. The van der Waals surface area contributed by atoms with Gasteiger partial charge in [0.2, 0.25) is 0 Å². The molecule has 12 heteroatoms. The molecule has 0 aliphatic carbocycles. The fraction of sp³-hybridized carbons (Fsp3) is 0.259. The summed E-state index contributed by atoms with van der Waals surface area (Å²) in [6.07, 6.45) is -4.10. The normalized spacial score (nSPS) is 15.3. The van der Waals surface area contributed by atoms with Crippen LogP contribution in [0.1, 0.15) is 34.0 Å². The van der Waals surface area contributed by atoms with E-state index in [1.807, 2.05) is 24.3 Å². The monoisotopic (exact) mass is 585 g/mol. The van der Waals surface area contributed by atoms with E-state index in [1.54, 1.807) is 30.3 Å². The molecule has 0 saturated heterocycles. The number of aryl methyl sites for hydroxylation is 1. The van der Waals surface area contributed by atoms with Gasteiger partial charge in [-0.15, -0.1) is 0 Å².